The summed E-state index contributed by atoms with van der Waals surface area (Å²) >= 11 is 4.18. The molecule has 138 valence electrons. The number of aliphatic hydroxyl groups is 1. The average Bonchev–Trinajstić information content (AvgIpc) is 2.70. The van der Waals surface area contributed by atoms with Crippen LogP contribution in [-0.4, -0.2) is 35.5 Å². The van der Waals surface area contributed by atoms with Gasteiger partial charge in [0, 0.05) is 5.75 Å². The molecule has 0 heterocycles. The van der Waals surface area contributed by atoms with Crippen LogP contribution in [0.25, 0.3) is 0 Å². The number of carbonyl (C=O) groups is 1. The van der Waals surface area contributed by atoms with E-state index in [1.54, 1.807) is 6.08 Å². The van der Waals surface area contributed by atoms with E-state index in [1.807, 2.05) is 60.7 Å². The number of aldehydes is 1. The lowest BCUT2D eigenvalue weighted by molar-refractivity contribution is -0.110. The largest absolute Gasteiger partial charge is 0.389 e. The highest BCUT2D eigenvalue weighted by atomic mass is 32.1. The topological polar surface area (TPSA) is 55.8 Å². The van der Waals surface area contributed by atoms with Gasteiger partial charge in [-0.05, 0) is 23.3 Å². The molecule has 5 heteroatoms. The number of rotatable bonds is 11. The third-order valence-electron chi connectivity index (χ3n) is 3.84. The molecule has 0 unspecified atom stereocenters. The highest BCUT2D eigenvalue weighted by Crippen LogP contribution is 2.17. The maximum Gasteiger partial charge on any atom is 0.142 e. The predicted molar refractivity (Wildman–Crippen MR) is 105 cm³/mol. The lowest BCUT2D eigenvalue weighted by atomic mass is 10.1. The van der Waals surface area contributed by atoms with Crippen molar-refractivity contribution in [1.29, 1.82) is 0 Å². The lowest BCUT2D eigenvalue weighted by Gasteiger charge is -2.29. The Kier molecular flexibility index (Phi) is 9.14. The fourth-order valence-corrected chi connectivity index (χ4v) is 2.68. The molecule has 0 bridgehead atoms. The highest BCUT2D eigenvalue weighted by Gasteiger charge is 2.28. The van der Waals surface area contributed by atoms with Crippen molar-refractivity contribution in [2.24, 2.45) is 0 Å². The molecule has 0 saturated heterocycles. The molecule has 0 saturated carbocycles. The normalized spacial score (nSPS) is 14.8. The Labute approximate surface area is 159 Å². The van der Waals surface area contributed by atoms with Crippen LogP contribution in [0, 0.1) is 0 Å². The summed E-state index contributed by atoms with van der Waals surface area (Å²) in [5, 5.41) is 10.4. The summed E-state index contributed by atoms with van der Waals surface area (Å²) < 4.78 is 11.9. The van der Waals surface area contributed by atoms with Crippen molar-refractivity contribution in [1.82, 2.24) is 0 Å². The first-order valence-electron chi connectivity index (χ1n) is 8.46. The highest BCUT2D eigenvalue weighted by molar-refractivity contribution is 7.80. The van der Waals surface area contributed by atoms with Gasteiger partial charge in [-0.3, -0.25) is 4.79 Å². The van der Waals surface area contributed by atoms with E-state index < -0.39 is 18.3 Å². The summed E-state index contributed by atoms with van der Waals surface area (Å²) in [4.78, 5) is 10.8. The Morgan fingerprint density at radius 3 is 1.96 bits per heavy atom. The summed E-state index contributed by atoms with van der Waals surface area (Å²) in [6, 6.07) is 19.4. The van der Waals surface area contributed by atoms with E-state index in [9.17, 15) is 9.90 Å². The average molecular weight is 372 g/mol. The first-order valence-corrected chi connectivity index (χ1v) is 9.09. The fraction of sp³-hybridized carbons (Fsp3) is 0.286. The standard InChI is InChI=1S/C21H24O4S/c22-13-7-12-20(24-14-17-8-3-1-4-9-17)21(19(23)16-26)25-15-18-10-5-2-6-11-18/h1-13,19-21,23,26H,14-16H2/b12-7+/t19-,20-,21+/m0/s1. The van der Waals surface area contributed by atoms with Crippen molar-refractivity contribution in [2.45, 2.75) is 31.5 Å². The monoisotopic (exact) mass is 372 g/mol. The minimum absolute atomic E-state index is 0.222. The molecule has 0 fully saturated rings. The Hall–Kier alpha value is -1.92. The first-order chi connectivity index (χ1) is 12.7. The smallest absolute Gasteiger partial charge is 0.142 e. The molecule has 26 heavy (non-hydrogen) atoms. The van der Waals surface area contributed by atoms with Gasteiger partial charge in [0.25, 0.3) is 0 Å². The zero-order valence-electron chi connectivity index (χ0n) is 14.5. The van der Waals surface area contributed by atoms with E-state index in [2.05, 4.69) is 12.6 Å². The summed E-state index contributed by atoms with van der Waals surface area (Å²) in [5.74, 6) is 0.222. The number of ether oxygens (including phenoxy) is 2. The van der Waals surface area contributed by atoms with Crippen molar-refractivity contribution in [3.8, 4) is 0 Å². The second-order valence-electron chi connectivity index (χ2n) is 5.79. The second kappa shape index (κ2) is 11.6. The molecule has 0 aliphatic carbocycles. The van der Waals surface area contributed by atoms with Gasteiger partial charge in [0.2, 0.25) is 0 Å². The predicted octanol–water partition coefficient (Wildman–Crippen LogP) is 3.20. The second-order valence-corrected chi connectivity index (χ2v) is 6.16. The minimum atomic E-state index is -0.834. The molecule has 0 aromatic heterocycles. The van der Waals surface area contributed by atoms with Crippen LogP contribution in [0.3, 0.4) is 0 Å². The van der Waals surface area contributed by atoms with Gasteiger partial charge in [-0.25, -0.2) is 0 Å². The van der Waals surface area contributed by atoms with Crippen LogP contribution in [0.4, 0.5) is 0 Å². The van der Waals surface area contributed by atoms with Gasteiger partial charge in [0.15, 0.2) is 0 Å². The zero-order valence-corrected chi connectivity index (χ0v) is 15.4. The first kappa shape index (κ1) is 20.4. The summed E-state index contributed by atoms with van der Waals surface area (Å²) in [7, 11) is 0. The van der Waals surface area contributed by atoms with Crippen molar-refractivity contribution < 1.29 is 19.4 Å². The number of aliphatic hydroxyl groups excluding tert-OH is 1. The molecule has 0 aliphatic heterocycles. The van der Waals surface area contributed by atoms with Gasteiger partial charge in [-0.2, -0.15) is 12.6 Å². The summed E-state index contributed by atoms with van der Waals surface area (Å²) in [6.45, 7) is 0.676. The Morgan fingerprint density at radius 1 is 0.923 bits per heavy atom. The number of benzene rings is 2. The fourth-order valence-electron chi connectivity index (χ4n) is 2.48. The number of thiol groups is 1. The van der Waals surface area contributed by atoms with Gasteiger partial charge in [-0.15, -0.1) is 0 Å². The van der Waals surface area contributed by atoms with Crippen molar-refractivity contribution in [3.05, 3.63) is 83.9 Å². The Bertz CT molecular complexity index is 660. The maximum atomic E-state index is 10.8. The van der Waals surface area contributed by atoms with E-state index in [4.69, 9.17) is 9.47 Å². The molecule has 2 rings (SSSR count). The van der Waals surface area contributed by atoms with E-state index in [0.717, 1.165) is 11.1 Å². The molecule has 4 nitrogen and oxygen atoms in total. The van der Waals surface area contributed by atoms with Gasteiger partial charge in [0.05, 0.1) is 19.3 Å². The van der Waals surface area contributed by atoms with Crippen LogP contribution < -0.4 is 0 Å². The van der Waals surface area contributed by atoms with Crippen LogP contribution in [0.2, 0.25) is 0 Å². The van der Waals surface area contributed by atoms with Crippen LogP contribution in [0.1, 0.15) is 11.1 Å². The van der Waals surface area contributed by atoms with Crippen molar-refractivity contribution in [2.75, 3.05) is 5.75 Å². The molecular formula is C21H24O4S. The molecule has 3 atom stereocenters. The molecule has 2 aromatic rings. The van der Waals surface area contributed by atoms with Crippen LogP contribution in [0.5, 0.6) is 0 Å². The van der Waals surface area contributed by atoms with Gasteiger partial charge in [0.1, 0.15) is 18.5 Å². The Balaban J connectivity index is 2.09. The van der Waals surface area contributed by atoms with E-state index in [1.165, 1.54) is 6.08 Å². The maximum absolute atomic E-state index is 10.8. The molecule has 0 amide bonds. The SMILES string of the molecule is O=C/C=C/[C@H](OCc1ccccc1)[C@H](OCc1ccccc1)[C@@H](O)CS. The number of carbonyl (C=O) groups excluding carboxylic acids is 1. The van der Waals surface area contributed by atoms with Crippen LogP contribution in [-0.2, 0) is 27.5 Å². The number of hydrogen-bond acceptors (Lipinski definition) is 5. The summed E-state index contributed by atoms with van der Waals surface area (Å²) in [6.07, 6.45) is 1.59. The third kappa shape index (κ3) is 6.77. The van der Waals surface area contributed by atoms with Crippen molar-refractivity contribution >= 4 is 18.9 Å². The van der Waals surface area contributed by atoms with Crippen molar-refractivity contribution in [3.63, 3.8) is 0 Å². The molecular weight excluding hydrogens is 348 g/mol. The van der Waals surface area contributed by atoms with E-state index in [-0.39, 0.29) is 5.75 Å². The molecule has 0 spiro atoms. The Morgan fingerprint density at radius 2 is 1.46 bits per heavy atom. The molecule has 0 aliphatic rings. The quantitative estimate of drug-likeness (QED) is 0.361. The number of hydrogen-bond donors (Lipinski definition) is 2. The summed E-state index contributed by atoms with van der Waals surface area (Å²) in [5.41, 5.74) is 1.99. The molecule has 0 radical (unpaired) electrons. The van der Waals surface area contributed by atoms with E-state index >= 15 is 0 Å². The van der Waals surface area contributed by atoms with E-state index in [0.29, 0.717) is 19.5 Å². The minimum Gasteiger partial charge on any atom is -0.389 e. The molecule has 2 aromatic carbocycles. The third-order valence-corrected chi connectivity index (χ3v) is 4.21. The van der Waals surface area contributed by atoms with Crippen LogP contribution >= 0.6 is 12.6 Å². The lowest BCUT2D eigenvalue weighted by Crippen LogP contribution is -2.41. The van der Waals surface area contributed by atoms with Gasteiger partial charge >= 0.3 is 0 Å². The van der Waals surface area contributed by atoms with Gasteiger partial charge < -0.3 is 14.6 Å². The number of allylic oxidation sites excluding steroid dienone is 1. The zero-order chi connectivity index (χ0) is 18.6. The van der Waals surface area contributed by atoms with Crippen LogP contribution in [0.15, 0.2) is 72.8 Å². The van der Waals surface area contributed by atoms with Gasteiger partial charge in [-0.1, -0.05) is 60.7 Å². The molecule has 1 N–H and O–H groups in total.